The van der Waals surface area contributed by atoms with Gasteiger partial charge >= 0.3 is 6.03 Å². The fourth-order valence-electron chi connectivity index (χ4n) is 4.06. The molecule has 1 saturated heterocycles. The van der Waals surface area contributed by atoms with Crippen LogP contribution in [0.2, 0.25) is 5.02 Å². The number of nitrogens with one attached hydrogen (secondary N) is 1. The van der Waals surface area contributed by atoms with Gasteiger partial charge in [0, 0.05) is 12.0 Å². The van der Waals surface area contributed by atoms with Gasteiger partial charge in [0.1, 0.15) is 12.3 Å². The third-order valence-electron chi connectivity index (χ3n) is 6.32. The number of imide groups is 1. The van der Waals surface area contributed by atoms with E-state index >= 15 is 0 Å². The molecule has 7 nitrogen and oxygen atoms in total. The molecular weight excluding hydrogens is 440 g/mol. The zero-order valence-electron chi connectivity index (χ0n) is 17.6. The third-order valence-corrected chi connectivity index (χ3v) is 8.53. The first-order valence-corrected chi connectivity index (χ1v) is 13.2. The number of hydrogen-bond donors (Lipinski definition) is 1. The predicted molar refractivity (Wildman–Crippen MR) is 118 cm³/mol. The highest BCUT2D eigenvalue weighted by atomic mass is 35.5. The summed E-state index contributed by atoms with van der Waals surface area (Å²) in [6.07, 6.45) is 6.04. The average Bonchev–Trinajstić information content (AvgIpc) is 3.62. The van der Waals surface area contributed by atoms with Gasteiger partial charge in [0.05, 0.1) is 23.1 Å². The predicted octanol–water partition coefficient (Wildman–Crippen LogP) is 3.30. The molecule has 2 aliphatic carbocycles. The van der Waals surface area contributed by atoms with E-state index in [0.717, 1.165) is 18.4 Å². The van der Waals surface area contributed by atoms with Crippen LogP contribution in [-0.4, -0.2) is 56.5 Å². The summed E-state index contributed by atoms with van der Waals surface area (Å²) in [5.41, 5.74) is 0.672. The molecule has 2 saturated carbocycles. The van der Waals surface area contributed by atoms with Crippen molar-refractivity contribution in [2.24, 2.45) is 5.92 Å². The van der Waals surface area contributed by atoms with Crippen LogP contribution in [0.15, 0.2) is 18.2 Å². The Balaban J connectivity index is 1.26. The van der Waals surface area contributed by atoms with Crippen molar-refractivity contribution in [3.05, 3.63) is 28.8 Å². The number of carbonyl (C=O) groups excluding carboxylic acids is 2. The van der Waals surface area contributed by atoms with Crippen LogP contribution >= 0.6 is 11.6 Å². The average molecular weight is 469 g/mol. The molecule has 0 bridgehead atoms. The minimum absolute atomic E-state index is 0.0904. The Morgan fingerprint density at radius 3 is 2.58 bits per heavy atom. The first kappa shape index (κ1) is 22.4. The van der Waals surface area contributed by atoms with Crippen LogP contribution in [0.1, 0.15) is 50.5 Å². The summed E-state index contributed by atoms with van der Waals surface area (Å²) in [6.45, 7) is 1.23. The quantitative estimate of drug-likeness (QED) is 0.375. The molecular formula is C22H29ClN2O5S. The highest BCUT2D eigenvalue weighted by molar-refractivity contribution is 7.91. The second-order valence-corrected chi connectivity index (χ2v) is 11.7. The summed E-state index contributed by atoms with van der Waals surface area (Å²) >= 11 is 6.28. The van der Waals surface area contributed by atoms with Gasteiger partial charge < -0.3 is 9.64 Å². The maximum absolute atomic E-state index is 12.8. The van der Waals surface area contributed by atoms with E-state index in [-0.39, 0.29) is 35.4 Å². The molecule has 1 aromatic rings. The summed E-state index contributed by atoms with van der Waals surface area (Å²) in [7, 11) is -3.20. The van der Waals surface area contributed by atoms with Gasteiger partial charge in [-0.2, -0.15) is 0 Å². The smallest absolute Gasteiger partial charge is 0.324 e. The van der Waals surface area contributed by atoms with Gasteiger partial charge in [-0.15, -0.1) is 0 Å². The Labute approximate surface area is 188 Å². The zero-order valence-corrected chi connectivity index (χ0v) is 19.1. The van der Waals surface area contributed by atoms with E-state index in [4.69, 9.17) is 16.3 Å². The van der Waals surface area contributed by atoms with Gasteiger partial charge in [-0.3, -0.25) is 10.1 Å². The molecule has 1 heterocycles. The molecule has 0 aromatic heterocycles. The number of sulfone groups is 1. The summed E-state index contributed by atoms with van der Waals surface area (Å²) in [5.74, 6) is 1.27. The van der Waals surface area contributed by atoms with Crippen LogP contribution < -0.4 is 10.1 Å². The number of benzene rings is 1. The molecule has 0 atom stereocenters. The van der Waals surface area contributed by atoms with Gasteiger partial charge in [0.25, 0.3) is 0 Å². The lowest BCUT2D eigenvalue weighted by molar-refractivity contribution is -0.118. The number of unbranched alkanes of at least 4 members (excludes halogenated alkanes) is 2. The molecule has 4 rings (SSSR count). The molecule has 3 aliphatic rings. The Hall–Kier alpha value is -1.80. The first-order chi connectivity index (χ1) is 14.8. The van der Waals surface area contributed by atoms with Crippen molar-refractivity contribution in [3.8, 4) is 5.75 Å². The number of halogens is 1. The lowest BCUT2D eigenvalue weighted by Crippen LogP contribution is -2.29. The Bertz CT molecular complexity index is 957. The largest absolute Gasteiger partial charge is 0.492 e. The maximum Gasteiger partial charge on any atom is 0.324 e. The molecule has 3 fully saturated rings. The topological polar surface area (TPSA) is 92.8 Å². The molecule has 3 amide bonds. The molecule has 1 N–H and O–H groups in total. The second kappa shape index (κ2) is 8.98. The summed E-state index contributed by atoms with van der Waals surface area (Å²) in [5, 5.41) is 2.81. The van der Waals surface area contributed by atoms with Crippen LogP contribution in [-0.2, 0) is 20.0 Å². The Morgan fingerprint density at radius 1 is 1.16 bits per heavy atom. The van der Waals surface area contributed by atoms with Crippen molar-refractivity contribution in [2.45, 2.75) is 50.4 Å². The molecule has 170 valence electrons. The van der Waals surface area contributed by atoms with Gasteiger partial charge in [0.2, 0.25) is 5.91 Å². The lowest BCUT2D eigenvalue weighted by Gasteiger charge is -2.18. The summed E-state index contributed by atoms with van der Waals surface area (Å²) < 4.78 is 31.4. The third kappa shape index (κ3) is 5.92. The van der Waals surface area contributed by atoms with Gasteiger partial charge in [-0.25, -0.2) is 13.2 Å². The van der Waals surface area contributed by atoms with Crippen molar-refractivity contribution in [1.82, 2.24) is 10.2 Å². The molecule has 1 aliphatic heterocycles. The highest BCUT2D eigenvalue weighted by Crippen LogP contribution is 2.50. The fraction of sp³-hybridized carbons (Fsp3) is 0.636. The first-order valence-electron chi connectivity index (χ1n) is 11.0. The molecule has 1 aromatic carbocycles. The van der Waals surface area contributed by atoms with E-state index in [1.807, 2.05) is 18.2 Å². The van der Waals surface area contributed by atoms with Crippen molar-refractivity contribution in [1.29, 1.82) is 0 Å². The highest BCUT2D eigenvalue weighted by Gasteiger charge is 2.47. The van der Waals surface area contributed by atoms with E-state index in [9.17, 15) is 18.0 Å². The molecule has 9 heteroatoms. The Kier molecular flexibility index (Phi) is 6.49. The van der Waals surface area contributed by atoms with Crippen molar-refractivity contribution in [2.75, 3.05) is 31.2 Å². The van der Waals surface area contributed by atoms with Gasteiger partial charge in [0.15, 0.2) is 9.84 Å². The van der Waals surface area contributed by atoms with E-state index in [2.05, 4.69) is 5.32 Å². The maximum atomic E-state index is 12.8. The standard InChI is InChI=1S/C22H29ClN2O5S/c23-18-7-6-17(12-19(18)30-14-16-4-5-16)22(8-9-22)15-31(28,29)11-3-1-2-10-25-13-20(26)24-21(25)27/h6-7,12,16H,1-5,8-11,13-15H2,(H,24,26,27). The normalized spacial score (nSPS) is 20.1. The van der Waals surface area contributed by atoms with Crippen LogP contribution in [0.3, 0.4) is 0 Å². The van der Waals surface area contributed by atoms with Crippen molar-refractivity contribution < 1.29 is 22.7 Å². The minimum atomic E-state index is -3.20. The van der Waals surface area contributed by atoms with Crippen LogP contribution in [0.25, 0.3) is 0 Å². The van der Waals surface area contributed by atoms with E-state index in [1.165, 1.54) is 17.7 Å². The number of rotatable bonds is 12. The number of urea groups is 1. The Morgan fingerprint density at radius 2 is 1.94 bits per heavy atom. The van der Waals surface area contributed by atoms with Crippen LogP contribution in [0.4, 0.5) is 4.79 Å². The molecule has 0 radical (unpaired) electrons. The van der Waals surface area contributed by atoms with E-state index < -0.39 is 9.84 Å². The zero-order chi connectivity index (χ0) is 22.1. The number of carbonyl (C=O) groups is 2. The van der Waals surface area contributed by atoms with Crippen molar-refractivity contribution in [3.63, 3.8) is 0 Å². The van der Waals surface area contributed by atoms with Crippen LogP contribution in [0, 0.1) is 5.92 Å². The van der Waals surface area contributed by atoms with Gasteiger partial charge in [-0.05, 0) is 62.1 Å². The van der Waals surface area contributed by atoms with Gasteiger partial charge in [-0.1, -0.05) is 24.1 Å². The minimum Gasteiger partial charge on any atom is -0.492 e. The molecule has 0 unspecified atom stereocenters. The summed E-state index contributed by atoms with van der Waals surface area (Å²) in [4.78, 5) is 24.1. The summed E-state index contributed by atoms with van der Waals surface area (Å²) in [6, 6.07) is 5.30. The second-order valence-electron chi connectivity index (χ2n) is 9.11. The van der Waals surface area contributed by atoms with Crippen molar-refractivity contribution >= 4 is 33.4 Å². The number of amides is 3. The number of ether oxygens (including phenoxy) is 1. The monoisotopic (exact) mass is 468 g/mol. The molecule has 31 heavy (non-hydrogen) atoms. The number of hydrogen-bond acceptors (Lipinski definition) is 5. The SMILES string of the molecule is O=C1CN(CCCCCS(=O)(=O)CC2(c3ccc(Cl)c(OCC4CC4)c3)CC2)C(=O)N1. The lowest BCUT2D eigenvalue weighted by atomic mass is 9.98. The van der Waals surface area contributed by atoms with Crippen LogP contribution in [0.5, 0.6) is 5.75 Å². The number of nitrogens with zero attached hydrogens (tertiary/aromatic N) is 1. The fourth-order valence-corrected chi connectivity index (χ4v) is 6.32. The molecule has 0 spiro atoms. The van der Waals surface area contributed by atoms with E-state index in [0.29, 0.717) is 49.1 Å². The van der Waals surface area contributed by atoms with E-state index in [1.54, 1.807) is 0 Å².